The highest BCUT2D eigenvalue weighted by molar-refractivity contribution is 7.99. The van der Waals surface area contributed by atoms with Crippen LogP contribution in [0, 0.1) is 5.82 Å². The Morgan fingerprint density at radius 2 is 2.25 bits per heavy atom. The largest absolute Gasteiger partial charge is 0.409 e. The fraction of sp³-hybridized carbons (Fsp3) is 0.364. The zero-order valence-electron chi connectivity index (χ0n) is 9.27. The fourth-order valence-electron chi connectivity index (χ4n) is 1.20. The molecule has 1 rings (SSSR count). The third-order valence-electron chi connectivity index (χ3n) is 2.03. The highest BCUT2D eigenvalue weighted by atomic mass is 32.2. The highest BCUT2D eigenvalue weighted by Gasteiger charge is 2.11. The van der Waals surface area contributed by atoms with E-state index in [4.69, 9.17) is 10.9 Å². The predicted molar refractivity (Wildman–Crippen MR) is 65.3 cm³/mol. The number of hydrogen-bond donors (Lipinski definition) is 2. The van der Waals surface area contributed by atoms with Gasteiger partial charge >= 0.3 is 0 Å². The zero-order chi connectivity index (χ0) is 12.1. The number of benzene rings is 1. The molecule has 0 aliphatic heterocycles. The summed E-state index contributed by atoms with van der Waals surface area (Å²) in [5.41, 5.74) is 6.09. The molecule has 16 heavy (non-hydrogen) atoms. The smallest absolute Gasteiger partial charge is 0.173 e. The molecular formula is C11H15FN2OS. The first kappa shape index (κ1) is 12.8. The first-order valence-electron chi connectivity index (χ1n) is 4.93. The number of amidine groups is 1. The molecule has 0 amide bonds. The van der Waals surface area contributed by atoms with Gasteiger partial charge in [-0.05, 0) is 16.9 Å². The molecule has 0 saturated heterocycles. The molecule has 0 bridgehead atoms. The summed E-state index contributed by atoms with van der Waals surface area (Å²) in [6.07, 6.45) is 0. The maximum absolute atomic E-state index is 13.9. The minimum atomic E-state index is -0.411. The number of oxime groups is 1. The molecule has 0 aliphatic carbocycles. The molecule has 0 fully saturated rings. The van der Waals surface area contributed by atoms with Gasteiger partial charge in [-0.15, -0.1) is 0 Å². The van der Waals surface area contributed by atoms with Crippen LogP contribution in [0.3, 0.4) is 0 Å². The Labute approximate surface area is 98.5 Å². The second-order valence-electron chi connectivity index (χ2n) is 3.62. The summed E-state index contributed by atoms with van der Waals surface area (Å²) >= 11 is 1.64. The van der Waals surface area contributed by atoms with Crippen LogP contribution in [-0.4, -0.2) is 16.3 Å². The summed E-state index contributed by atoms with van der Waals surface area (Å²) in [6, 6.07) is 4.90. The van der Waals surface area contributed by atoms with E-state index in [9.17, 15) is 4.39 Å². The van der Waals surface area contributed by atoms with Crippen LogP contribution < -0.4 is 5.73 Å². The molecule has 88 valence electrons. The molecule has 0 saturated carbocycles. The minimum absolute atomic E-state index is 0.143. The van der Waals surface area contributed by atoms with E-state index < -0.39 is 5.82 Å². The van der Waals surface area contributed by atoms with Crippen molar-refractivity contribution in [2.75, 3.05) is 0 Å². The highest BCUT2D eigenvalue weighted by Crippen LogP contribution is 2.21. The van der Waals surface area contributed by atoms with E-state index in [1.54, 1.807) is 23.9 Å². The quantitative estimate of drug-likeness (QED) is 0.369. The van der Waals surface area contributed by atoms with Gasteiger partial charge in [0.25, 0.3) is 0 Å². The van der Waals surface area contributed by atoms with E-state index in [0.717, 1.165) is 0 Å². The summed E-state index contributed by atoms with van der Waals surface area (Å²) in [4.78, 5) is 0. The maximum Gasteiger partial charge on any atom is 0.173 e. The van der Waals surface area contributed by atoms with Crippen molar-refractivity contribution in [3.63, 3.8) is 0 Å². The van der Waals surface area contributed by atoms with Crippen molar-refractivity contribution < 1.29 is 9.60 Å². The van der Waals surface area contributed by atoms with Crippen molar-refractivity contribution in [1.82, 2.24) is 0 Å². The molecule has 1 aromatic carbocycles. The molecule has 0 aliphatic rings. The third-order valence-corrected chi connectivity index (χ3v) is 3.18. The van der Waals surface area contributed by atoms with Crippen LogP contribution in [0.4, 0.5) is 4.39 Å². The lowest BCUT2D eigenvalue weighted by Crippen LogP contribution is -2.15. The maximum atomic E-state index is 13.9. The Bertz CT molecular complexity index is 394. The first-order chi connectivity index (χ1) is 7.56. The van der Waals surface area contributed by atoms with Gasteiger partial charge in [0, 0.05) is 5.75 Å². The van der Waals surface area contributed by atoms with Crippen LogP contribution in [0.1, 0.15) is 25.0 Å². The minimum Gasteiger partial charge on any atom is -0.409 e. The fourth-order valence-corrected chi connectivity index (χ4v) is 1.94. The van der Waals surface area contributed by atoms with Gasteiger partial charge in [-0.3, -0.25) is 0 Å². The lowest BCUT2D eigenvalue weighted by molar-refractivity contribution is 0.318. The van der Waals surface area contributed by atoms with E-state index >= 15 is 0 Å². The molecule has 0 heterocycles. The van der Waals surface area contributed by atoms with Crippen molar-refractivity contribution in [3.8, 4) is 0 Å². The normalized spacial score (nSPS) is 12.1. The van der Waals surface area contributed by atoms with Crippen molar-refractivity contribution in [2.24, 2.45) is 10.9 Å². The molecule has 3 N–H and O–H groups in total. The van der Waals surface area contributed by atoms with Crippen molar-refractivity contribution in [1.29, 1.82) is 0 Å². The Morgan fingerprint density at radius 1 is 1.56 bits per heavy atom. The lowest BCUT2D eigenvalue weighted by Gasteiger charge is -2.08. The van der Waals surface area contributed by atoms with Crippen LogP contribution in [0.15, 0.2) is 23.4 Å². The molecule has 3 nitrogen and oxygen atoms in total. The monoisotopic (exact) mass is 242 g/mol. The van der Waals surface area contributed by atoms with Gasteiger partial charge in [0.05, 0.1) is 5.56 Å². The standard InChI is InChI=1S/C11H15FN2OS/c1-7(2)16-6-8-4-3-5-9(10(8)12)11(13)14-15/h3-5,7,15H,6H2,1-2H3,(H2,13,14). The Morgan fingerprint density at radius 3 is 2.81 bits per heavy atom. The van der Waals surface area contributed by atoms with Crippen LogP contribution in [0.2, 0.25) is 0 Å². The molecule has 0 spiro atoms. The Hall–Kier alpha value is -1.23. The SMILES string of the molecule is CC(C)SCc1cccc(/C(N)=N/O)c1F. The van der Waals surface area contributed by atoms with Gasteiger partial charge in [0.1, 0.15) is 5.82 Å². The predicted octanol–water partition coefficient (Wildman–Crippen LogP) is 2.56. The van der Waals surface area contributed by atoms with E-state index in [1.165, 1.54) is 6.07 Å². The van der Waals surface area contributed by atoms with Crippen LogP contribution in [-0.2, 0) is 5.75 Å². The summed E-state index contributed by atoms with van der Waals surface area (Å²) in [7, 11) is 0. The molecule has 0 aromatic heterocycles. The molecule has 0 radical (unpaired) electrons. The van der Waals surface area contributed by atoms with Gasteiger partial charge in [-0.1, -0.05) is 31.1 Å². The number of rotatable bonds is 4. The summed E-state index contributed by atoms with van der Waals surface area (Å²) in [6.45, 7) is 4.10. The van der Waals surface area contributed by atoms with E-state index in [2.05, 4.69) is 19.0 Å². The molecular weight excluding hydrogens is 227 g/mol. The average molecular weight is 242 g/mol. The third kappa shape index (κ3) is 3.13. The zero-order valence-corrected chi connectivity index (χ0v) is 10.1. The van der Waals surface area contributed by atoms with Crippen LogP contribution in [0.25, 0.3) is 0 Å². The number of hydrogen-bond acceptors (Lipinski definition) is 3. The van der Waals surface area contributed by atoms with E-state index in [0.29, 0.717) is 16.6 Å². The van der Waals surface area contributed by atoms with Gasteiger partial charge in [-0.2, -0.15) is 11.8 Å². The Balaban J connectivity index is 2.95. The van der Waals surface area contributed by atoms with E-state index in [-0.39, 0.29) is 11.4 Å². The van der Waals surface area contributed by atoms with E-state index in [1.807, 2.05) is 0 Å². The molecule has 0 atom stereocenters. The van der Waals surface area contributed by atoms with Crippen molar-refractivity contribution in [2.45, 2.75) is 24.9 Å². The average Bonchev–Trinajstić information content (AvgIpc) is 2.26. The van der Waals surface area contributed by atoms with Gasteiger partial charge < -0.3 is 10.9 Å². The van der Waals surface area contributed by atoms with Crippen molar-refractivity contribution in [3.05, 3.63) is 35.1 Å². The molecule has 5 heteroatoms. The summed E-state index contributed by atoms with van der Waals surface area (Å²) in [5, 5.41) is 11.8. The number of nitrogens with zero attached hydrogens (tertiary/aromatic N) is 1. The van der Waals surface area contributed by atoms with Gasteiger partial charge in [0.2, 0.25) is 0 Å². The molecule has 1 aromatic rings. The van der Waals surface area contributed by atoms with Crippen molar-refractivity contribution >= 4 is 17.6 Å². The second-order valence-corrected chi connectivity index (χ2v) is 5.19. The van der Waals surface area contributed by atoms with Crippen LogP contribution in [0.5, 0.6) is 0 Å². The first-order valence-corrected chi connectivity index (χ1v) is 5.98. The van der Waals surface area contributed by atoms with Gasteiger partial charge in [0.15, 0.2) is 5.84 Å². The topological polar surface area (TPSA) is 58.6 Å². The Kier molecular flexibility index (Phi) is 4.61. The van der Waals surface area contributed by atoms with Gasteiger partial charge in [-0.25, -0.2) is 4.39 Å². The molecule has 0 unspecified atom stereocenters. The number of nitrogens with two attached hydrogens (primary N) is 1. The number of halogens is 1. The number of thioether (sulfide) groups is 1. The lowest BCUT2D eigenvalue weighted by atomic mass is 10.1. The summed E-state index contributed by atoms with van der Waals surface area (Å²) < 4.78 is 13.9. The van der Waals surface area contributed by atoms with Crippen LogP contribution >= 0.6 is 11.8 Å². The second kappa shape index (κ2) is 5.75. The summed E-state index contributed by atoms with van der Waals surface area (Å²) in [5.74, 6) is -0.0318.